The fourth-order valence-corrected chi connectivity index (χ4v) is 3.10. The van der Waals surface area contributed by atoms with Gasteiger partial charge in [-0.05, 0) is 23.6 Å². The molecule has 6 nitrogen and oxygen atoms in total. The molecule has 0 aliphatic carbocycles. The Bertz CT molecular complexity index is 1030. The molecule has 0 aliphatic heterocycles. The zero-order valence-corrected chi connectivity index (χ0v) is 13.9. The first-order valence-electron chi connectivity index (χ1n) is 7.64. The van der Waals surface area contributed by atoms with E-state index in [1.54, 1.807) is 23.7 Å². The SMILES string of the molecule is O=C(NCc1nccnc1-c1ccsc1)c1cnc2ccccc2n1. The van der Waals surface area contributed by atoms with E-state index in [0.29, 0.717) is 11.2 Å². The molecule has 7 heteroatoms. The van der Waals surface area contributed by atoms with Gasteiger partial charge in [0.1, 0.15) is 5.69 Å². The molecule has 0 unspecified atom stereocenters. The lowest BCUT2D eigenvalue weighted by Gasteiger charge is -2.08. The number of hydrogen-bond acceptors (Lipinski definition) is 6. The van der Waals surface area contributed by atoms with Crippen LogP contribution in [0.2, 0.25) is 0 Å². The molecule has 1 amide bonds. The third-order valence-electron chi connectivity index (χ3n) is 3.67. The number of nitrogens with zero attached hydrogens (tertiary/aromatic N) is 4. The summed E-state index contributed by atoms with van der Waals surface area (Å²) in [6, 6.07) is 9.42. The predicted molar refractivity (Wildman–Crippen MR) is 96.1 cm³/mol. The maximum atomic E-state index is 12.4. The van der Waals surface area contributed by atoms with Gasteiger partial charge < -0.3 is 5.32 Å². The van der Waals surface area contributed by atoms with Crippen molar-refractivity contribution in [3.05, 3.63) is 71.1 Å². The summed E-state index contributed by atoms with van der Waals surface area (Å²) in [5.74, 6) is -0.292. The minimum atomic E-state index is -0.292. The van der Waals surface area contributed by atoms with Crippen LogP contribution in [0.5, 0.6) is 0 Å². The predicted octanol–water partition coefficient (Wildman–Crippen LogP) is 3.08. The van der Waals surface area contributed by atoms with Gasteiger partial charge in [0, 0.05) is 23.3 Å². The summed E-state index contributed by atoms with van der Waals surface area (Å²) in [6.45, 7) is 0.270. The molecular formula is C18H13N5OS. The van der Waals surface area contributed by atoms with Crippen LogP contribution in [0.1, 0.15) is 16.2 Å². The summed E-state index contributed by atoms with van der Waals surface area (Å²) in [7, 11) is 0. The van der Waals surface area contributed by atoms with Gasteiger partial charge in [-0.3, -0.25) is 19.7 Å². The van der Waals surface area contributed by atoms with E-state index in [0.717, 1.165) is 16.8 Å². The van der Waals surface area contributed by atoms with Crippen molar-refractivity contribution < 1.29 is 4.79 Å². The number of nitrogens with one attached hydrogen (secondary N) is 1. The lowest BCUT2D eigenvalue weighted by Crippen LogP contribution is -2.25. The van der Waals surface area contributed by atoms with Gasteiger partial charge >= 0.3 is 0 Å². The number of amides is 1. The standard InChI is InChI=1S/C18H13N5OS/c24-18(16-10-21-13-3-1-2-4-14(13)23-16)22-9-15-17(20-7-6-19-15)12-5-8-25-11-12/h1-8,10-11H,9H2,(H,22,24). The van der Waals surface area contributed by atoms with E-state index in [-0.39, 0.29) is 18.1 Å². The number of hydrogen-bond donors (Lipinski definition) is 1. The van der Waals surface area contributed by atoms with Crippen LogP contribution in [0.15, 0.2) is 59.7 Å². The number of para-hydroxylation sites is 2. The number of rotatable bonds is 4. The van der Waals surface area contributed by atoms with Crippen molar-refractivity contribution in [1.82, 2.24) is 25.3 Å². The van der Waals surface area contributed by atoms with Crippen LogP contribution in [0, 0.1) is 0 Å². The zero-order valence-electron chi connectivity index (χ0n) is 13.1. The Kier molecular flexibility index (Phi) is 4.14. The van der Waals surface area contributed by atoms with E-state index in [1.807, 2.05) is 41.1 Å². The lowest BCUT2D eigenvalue weighted by atomic mass is 10.2. The van der Waals surface area contributed by atoms with Crippen molar-refractivity contribution in [3.63, 3.8) is 0 Å². The summed E-state index contributed by atoms with van der Waals surface area (Å²) < 4.78 is 0. The molecule has 3 aromatic heterocycles. The molecule has 0 saturated carbocycles. The molecule has 0 saturated heterocycles. The highest BCUT2D eigenvalue weighted by Gasteiger charge is 2.12. The summed E-state index contributed by atoms with van der Waals surface area (Å²) in [6.07, 6.45) is 4.74. The van der Waals surface area contributed by atoms with Gasteiger partial charge in [0.25, 0.3) is 5.91 Å². The average Bonchev–Trinajstić information content (AvgIpc) is 3.20. The molecule has 0 spiro atoms. The van der Waals surface area contributed by atoms with Gasteiger partial charge in [-0.1, -0.05) is 12.1 Å². The number of carbonyl (C=O) groups is 1. The van der Waals surface area contributed by atoms with Crippen LogP contribution in [-0.4, -0.2) is 25.8 Å². The molecule has 1 aromatic carbocycles. The van der Waals surface area contributed by atoms with E-state index in [9.17, 15) is 4.79 Å². The number of fused-ring (bicyclic) bond motifs is 1. The van der Waals surface area contributed by atoms with E-state index in [1.165, 1.54) is 6.20 Å². The van der Waals surface area contributed by atoms with Gasteiger partial charge in [-0.2, -0.15) is 11.3 Å². The maximum absolute atomic E-state index is 12.4. The Morgan fingerprint density at radius 3 is 2.72 bits per heavy atom. The van der Waals surface area contributed by atoms with Crippen molar-refractivity contribution in [3.8, 4) is 11.3 Å². The first kappa shape index (κ1) is 15.3. The summed E-state index contributed by atoms with van der Waals surface area (Å²) >= 11 is 1.59. The summed E-state index contributed by atoms with van der Waals surface area (Å²) in [5.41, 5.74) is 4.20. The molecule has 0 radical (unpaired) electrons. The van der Waals surface area contributed by atoms with E-state index >= 15 is 0 Å². The molecule has 25 heavy (non-hydrogen) atoms. The monoisotopic (exact) mass is 347 g/mol. The van der Waals surface area contributed by atoms with E-state index < -0.39 is 0 Å². The molecule has 0 fully saturated rings. The van der Waals surface area contributed by atoms with Crippen molar-refractivity contribution in [1.29, 1.82) is 0 Å². The fourth-order valence-electron chi connectivity index (χ4n) is 2.46. The number of thiophene rings is 1. The van der Waals surface area contributed by atoms with Gasteiger partial charge in [0.15, 0.2) is 0 Å². The van der Waals surface area contributed by atoms with Crippen LogP contribution in [0.4, 0.5) is 0 Å². The molecule has 122 valence electrons. The third kappa shape index (κ3) is 3.22. The molecule has 4 aromatic rings. The van der Waals surface area contributed by atoms with Crippen molar-refractivity contribution in [2.45, 2.75) is 6.54 Å². The first-order valence-corrected chi connectivity index (χ1v) is 8.58. The highest BCUT2D eigenvalue weighted by Crippen LogP contribution is 2.22. The normalized spacial score (nSPS) is 10.7. The Morgan fingerprint density at radius 1 is 1.04 bits per heavy atom. The largest absolute Gasteiger partial charge is 0.345 e. The van der Waals surface area contributed by atoms with Crippen LogP contribution < -0.4 is 5.32 Å². The summed E-state index contributed by atoms with van der Waals surface area (Å²) in [4.78, 5) is 29.7. The van der Waals surface area contributed by atoms with Crippen LogP contribution in [0.25, 0.3) is 22.3 Å². The van der Waals surface area contributed by atoms with Crippen molar-refractivity contribution >= 4 is 28.3 Å². The second-order valence-electron chi connectivity index (χ2n) is 5.29. The second kappa shape index (κ2) is 6.74. The zero-order chi connectivity index (χ0) is 17.1. The highest BCUT2D eigenvalue weighted by molar-refractivity contribution is 7.08. The Hall–Kier alpha value is -3.19. The summed E-state index contributed by atoms with van der Waals surface area (Å²) in [5, 5.41) is 6.83. The third-order valence-corrected chi connectivity index (χ3v) is 4.35. The molecule has 0 bridgehead atoms. The van der Waals surface area contributed by atoms with Crippen LogP contribution >= 0.6 is 11.3 Å². The molecule has 4 rings (SSSR count). The van der Waals surface area contributed by atoms with Gasteiger partial charge in [0.2, 0.25) is 0 Å². The van der Waals surface area contributed by atoms with E-state index in [4.69, 9.17) is 0 Å². The second-order valence-corrected chi connectivity index (χ2v) is 6.07. The number of carbonyl (C=O) groups excluding carboxylic acids is 1. The molecule has 3 heterocycles. The van der Waals surface area contributed by atoms with Gasteiger partial charge in [-0.15, -0.1) is 0 Å². The van der Waals surface area contributed by atoms with Crippen LogP contribution in [-0.2, 0) is 6.54 Å². The number of aromatic nitrogens is 4. The lowest BCUT2D eigenvalue weighted by molar-refractivity contribution is 0.0945. The Labute approximate surface area is 147 Å². The minimum absolute atomic E-state index is 0.270. The maximum Gasteiger partial charge on any atom is 0.271 e. The highest BCUT2D eigenvalue weighted by atomic mass is 32.1. The van der Waals surface area contributed by atoms with Crippen molar-refractivity contribution in [2.24, 2.45) is 0 Å². The topological polar surface area (TPSA) is 80.7 Å². The molecule has 1 N–H and O–H groups in total. The quantitative estimate of drug-likeness (QED) is 0.613. The molecule has 0 atom stereocenters. The van der Waals surface area contributed by atoms with Gasteiger partial charge in [-0.25, -0.2) is 4.98 Å². The average molecular weight is 347 g/mol. The molecule has 0 aliphatic rings. The fraction of sp³-hybridized carbons (Fsp3) is 0.0556. The van der Waals surface area contributed by atoms with E-state index in [2.05, 4.69) is 25.3 Å². The first-order chi connectivity index (χ1) is 12.3. The minimum Gasteiger partial charge on any atom is -0.345 e. The smallest absolute Gasteiger partial charge is 0.271 e. The Balaban J connectivity index is 1.54. The van der Waals surface area contributed by atoms with Crippen molar-refractivity contribution in [2.75, 3.05) is 0 Å². The molecular weight excluding hydrogens is 334 g/mol. The number of benzene rings is 1. The van der Waals surface area contributed by atoms with Crippen LogP contribution in [0.3, 0.4) is 0 Å². The van der Waals surface area contributed by atoms with Gasteiger partial charge in [0.05, 0.1) is 35.2 Å². The Morgan fingerprint density at radius 2 is 1.88 bits per heavy atom.